The molecule has 4 rings (SSSR count). The molecular formula is C23H24F9N3O7. The van der Waals surface area contributed by atoms with E-state index in [9.17, 15) is 39.5 Å². The Balaban J connectivity index is 0.000000348. The van der Waals surface area contributed by atoms with Crippen molar-refractivity contribution in [2.24, 2.45) is 0 Å². The second-order valence-corrected chi connectivity index (χ2v) is 8.51. The normalized spacial score (nSPS) is 18.8. The largest absolute Gasteiger partial charge is 0.490 e. The molecule has 2 aromatic rings. The number of nitrogens with zero attached hydrogens (tertiary/aromatic N) is 3. The lowest BCUT2D eigenvalue weighted by molar-refractivity contribution is -0.193. The lowest BCUT2D eigenvalue weighted by Gasteiger charge is -2.25. The van der Waals surface area contributed by atoms with Crippen LogP contribution in [0.3, 0.4) is 0 Å². The fourth-order valence-corrected chi connectivity index (χ4v) is 3.87. The van der Waals surface area contributed by atoms with Crippen LogP contribution in [0.5, 0.6) is 0 Å². The summed E-state index contributed by atoms with van der Waals surface area (Å²) >= 11 is 0. The highest BCUT2D eigenvalue weighted by Gasteiger charge is 2.42. The number of aromatic nitrogens is 1. The average molecular weight is 625 g/mol. The van der Waals surface area contributed by atoms with E-state index >= 15 is 0 Å². The standard InChI is InChI=1S/C17H21N3O.3C2HF3O2/c1-2-7-18-15(3-1)12-20-9-5-16-17(20)4-8-19(16)11-14-6-10-21-13-14;3*3-2(4,5)1(6)7/h1-3,6-7,10,13,16-17H,4-5,8-9,11-12H2;3*(H,6,7)/t16-,17+;;;/m1.../s1. The number of furan rings is 1. The first-order valence-electron chi connectivity index (χ1n) is 11.5. The van der Waals surface area contributed by atoms with Gasteiger partial charge in [0.1, 0.15) is 0 Å². The van der Waals surface area contributed by atoms with E-state index in [0.717, 1.165) is 13.1 Å². The van der Waals surface area contributed by atoms with Crippen molar-refractivity contribution in [3.63, 3.8) is 0 Å². The van der Waals surface area contributed by atoms with Crippen LogP contribution in [0.15, 0.2) is 47.4 Å². The zero-order chi connectivity index (χ0) is 32.3. The molecule has 2 atom stereocenters. The highest BCUT2D eigenvalue weighted by Crippen LogP contribution is 2.33. The Bertz CT molecular complexity index is 1070. The van der Waals surface area contributed by atoms with E-state index in [1.165, 1.54) is 37.2 Å². The molecule has 4 heterocycles. The molecule has 10 nitrogen and oxygen atoms in total. The molecule has 42 heavy (non-hydrogen) atoms. The summed E-state index contributed by atoms with van der Waals surface area (Å²) in [6.45, 7) is 4.39. The lowest BCUT2D eigenvalue weighted by atomic mass is 10.1. The Morgan fingerprint density at radius 2 is 1.19 bits per heavy atom. The third-order valence-electron chi connectivity index (χ3n) is 5.59. The van der Waals surface area contributed by atoms with Crippen LogP contribution in [-0.2, 0) is 27.5 Å². The predicted molar refractivity (Wildman–Crippen MR) is 122 cm³/mol. The van der Waals surface area contributed by atoms with Gasteiger partial charge in [0.2, 0.25) is 0 Å². The van der Waals surface area contributed by atoms with Gasteiger partial charge in [0, 0.05) is 50.0 Å². The van der Waals surface area contributed by atoms with Crippen LogP contribution < -0.4 is 0 Å². The van der Waals surface area contributed by atoms with E-state index < -0.39 is 36.4 Å². The number of likely N-dealkylation sites (tertiary alicyclic amines) is 2. The second-order valence-electron chi connectivity index (χ2n) is 8.51. The number of hydrogen-bond acceptors (Lipinski definition) is 7. The van der Waals surface area contributed by atoms with Gasteiger partial charge in [-0.05, 0) is 31.0 Å². The minimum atomic E-state index is -5.08. The third-order valence-corrected chi connectivity index (χ3v) is 5.59. The predicted octanol–water partition coefficient (Wildman–Crippen LogP) is 4.42. The fourth-order valence-electron chi connectivity index (χ4n) is 3.87. The van der Waals surface area contributed by atoms with E-state index in [4.69, 9.17) is 34.1 Å². The summed E-state index contributed by atoms with van der Waals surface area (Å²) in [5.41, 5.74) is 2.48. The maximum Gasteiger partial charge on any atom is 0.490 e. The summed E-state index contributed by atoms with van der Waals surface area (Å²) in [5, 5.41) is 21.4. The molecule has 0 radical (unpaired) electrons. The van der Waals surface area contributed by atoms with Gasteiger partial charge in [-0.25, -0.2) is 14.4 Å². The van der Waals surface area contributed by atoms with Gasteiger partial charge in [-0.15, -0.1) is 0 Å². The van der Waals surface area contributed by atoms with Crippen molar-refractivity contribution < 1.29 is 73.6 Å². The van der Waals surface area contributed by atoms with Crippen molar-refractivity contribution >= 4 is 17.9 Å². The summed E-state index contributed by atoms with van der Waals surface area (Å²) in [6, 6.07) is 9.66. The van der Waals surface area contributed by atoms with Gasteiger partial charge in [-0.3, -0.25) is 14.8 Å². The first-order chi connectivity index (χ1) is 19.2. The molecule has 0 aromatic carbocycles. The number of halogens is 9. The molecule has 236 valence electrons. The van der Waals surface area contributed by atoms with Gasteiger partial charge in [0.05, 0.1) is 18.2 Å². The summed E-state index contributed by atoms with van der Waals surface area (Å²) in [7, 11) is 0. The van der Waals surface area contributed by atoms with Crippen LogP contribution >= 0.6 is 0 Å². The maximum atomic E-state index is 10.6. The molecule has 0 spiro atoms. The highest BCUT2D eigenvalue weighted by atomic mass is 19.4. The third kappa shape index (κ3) is 12.8. The minimum absolute atomic E-state index is 0.693. The highest BCUT2D eigenvalue weighted by molar-refractivity contribution is 5.73. The van der Waals surface area contributed by atoms with Crippen molar-refractivity contribution in [3.05, 3.63) is 54.2 Å². The number of fused-ring (bicyclic) bond motifs is 1. The Hall–Kier alpha value is -3.87. The van der Waals surface area contributed by atoms with Crippen molar-refractivity contribution in [2.75, 3.05) is 13.1 Å². The zero-order valence-electron chi connectivity index (χ0n) is 21.2. The first-order valence-corrected chi connectivity index (χ1v) is 11.5. The molecule has 3 N–H and O–H groups in total. The number of aliphatic carboxylic acids is 3. The van der Waals surface area contributed by atoms with E-state index in [-0.39, 0.29) is 0 Å². The molecule has 0 saturated carbocycles. The smallest absolute Gasteiger partial charge is 0.475 e. The summed E-state index contributed by atoms with van der Waals surface area (Å²) in [4.78, 5) is 36.4. The summed E-state index contributed by atoms with van der Waals surface area (Å²) in [6.07, 6.45) is -7.17. The second kappa shape index (κ2) is 15.4. The van der Waals surface area contributed by atoms with E-state index in [1.54, 1.807) is 6.26 Å². The van der Waals surface area contributed by atoms with E-state index in [0.29, 0.717) is 12.1 Å². The first kappa shape index (κ1) is 36.2. The van der Waals surface area contributed by atoms with Crippen LogP contribution in [-0.4, -0.2) is 91.7 Å². The quantitative estimate of drug-likeness (QED) is 0.418. The molecule has 2 aliphatic rings. The topological polar surface area (TPSA) is 144 Å². The Labute approximate surface area is 230 Å². The van der Waals surface area contributed by atoms with Gasteiger partial charge in [-0.1, -0.05) is 6.07 Å². The Morgan fingerprint density at radius 1 is 0.762 bits per heavy atom. The van der Waals surface area contributed by atoms with Crippen molar-refractivity contribution in [3.8, 4) is 0 Å². The minimum Gasteiger partial charge on any atom is -0.475 e. The van der Waals surface area contributed by atoms with Crippen LogP contribution in [0.4, 0.5) is 39.5 Å². The Morgan fingerprint density at radius 3 is 1.52 bits per heavy atom. The van der Waals surface area contributed by atoms with Gasteiger partial charge in [0.25, 0.3) is 0 Å². The number of carbonyl (C=O) groups is 3. The average Bonchev–Trinajstić information content (AvgIpc) is 3.60. The van der Waals surface area contributed by atoms with Gasteiger partial charge in [0.15, 0.2) is 0 Å². The van der Waals surface area contributed by atoms with Crippen molar-refractivity contribution in [1.29, 1.82) is 0 Å². The molecule has 2 fully saturated rings. The zero-order valence-corrected chi connectivity index (χ0v) is 21.2. The van der Waals surface area contributed by atoms with E-state index in [2.05, 4.69) is 33.0 Å². The molecule has 2 aliphatic heterocycles. The molecule has 0 unspecified atom stereocenters. The molecule has 0 amide bonds. The lowest BCUT2D eigenvalue weighted by Crippen LogP contribution is -2.36. The van der Waals surface area contributed by atoms with Crippen molar-refractivity contribution in [1.82, 2.24) is 14.8 Å². The maximum absolute atomic E-state index is 10.6. The summed E-state index contributed by atoms with van der Waals surface area (Å²) in [5.74, 6) is -8.27. The molecular weight excluding hydrogens is 601 g/mol. The van der Waals surface area contributed by atoms with Gasteiger partial charge >= 0.3 is 36.4 Å². The van der Waals surface area contributed by atoms with Crippen LogP contribution in [0.25, 0.3) is 0 Å². The monoisotopic (exact) mass is 625 g/mol. The number of carboxylic acid groups (broad SMARTS) is 3. The molecule has 0 bridgehead atoms. The SMILES string of the molecule is O=C(O)C(F)(F)F.O=C(O)C(F)(F)F.O=C(O)C(F)(F)F.c1ccc(CN2CC[C@@H]3[C@@H]2CCN3Cc2ccoc2)nc1. The van der Waals surface area contributed by atoms with Crippen molar-refractivity contribution in [2.45, 2.75) is 56.5 Å². The molecule has 19 heteroatoms. The van der Waals surface area contributed by atoms with E-state index in [1.807, 2.05) is 18.5 Å². The molecule has 2 saturated heterocycles. The van der Waals surface area contributed by atoms with Gasteiger partial charge in [-0.2, -0.15) is 39.5 Å². The summed E-state index contributed by atoms with van der Waals surface area (Å²) < 4.78 is 100. The molecule has 2 aromatic heterocycles. The van der Waals surface area contributed by atoms with Gasteiger partial charge < -0.3 is 19.7 Å². The number of hydrogen-bond donors (Lipinski definition) is 3. The number of rotatable bonds is 4. The van der Waals surface area contributed by atoms with Crippen LogP contribution in [0.1, 0.15) is 24.1 Å². The fraction of sp³-hybridized carbons (Fsp3) is 0.478. The number of pyridine rings is 1. The molecule has 0 aliphatic carbocycles. The number of alkyl halides is 9. The van der Waals surface area contributed by atoms with Crippen LogP contribution in [0.2, 0.25) is 0 Å². The number of carboxylic acids is 3. The van der Waals surface area contributed by atoms with Crippen LogP contribution in [0, 0.1) is 0 Å². The Kier molecular flexibility index (Phi) is 13.2.